The zero-order valence-electron chi connectivity index (χ0n) is 11.4. The van der Waals surface area contributed by atoms with Gasteiger partial charge in [-0.15, -0.1) is 0 Å². The quantitative estimate of drug-likeness (QED) is 0.881. The molecule has 0 bridgehead atoms. The van der Waals surface area contributed by atoms with Crippen LogP contribution >= 0.6 is 11.6 Å². The van der Waals surface area contributed by atoms with Crippen molar-refractivity contribution in [2.24, 2.45) is 11.1 Å². The average molecular weight is 269 g/mol. The van der Waals surface area contributed by atoms with Crippen molar-refractivity contribution >= 4 is 23.2 Å². The number of nitrogens with two attached hydrogens (primary N) is 1. The van der Waals surface area contributed by atoms with E-state index in [1.165, 1.54) is 0 Å². The number of hydrogen-bond donors (Lipinski definition) is 2. The van der Waals surface area contributed by atoms with Crippen LogP contribution in [0.15, 0.2) is 12.1 Å². The largest absolute Gasteiger partial charge is 0.330 e. The van der Waals surface area contributed by atoms with Crippen molar-refractivity contribution < 1.29 is 4.79 Å². The van der Waals surface area contributed by atoms with Gasteiger partial charge in [-0.1, -0.05) is 31.5 Å². The Labute approximate surface area is 114 Å². The van der Waals surface area contributed by atoms with E-state index in [1.54, 1.807) is 0 Å². The minimum atomic E-state index is -0.199. The molecular weight excluding hydrogens is 248 g/mol. The van der Waals surface area contributed by atoms with E-state index in [0.29, 0.717) is 23.7 Å². The lowest BCUT2D eigenvalue weighted by molar-refractivity contribution is -0.117. The first-order valence-electron chi connectivity index (χ1n) is 6.02. The molecule has 0 fully saturated rings. The van der Waals surface area contributed by atoms with Gasteiger partial charge in [0.1, 0.15) is 0 Å². The fourth-order valence-corrected chi connectivity index (χ4v) is 2.13. The molecule has 1 amide bonds. The molecule has 0 aliphatic heterocycles. The maximum atomic E-state index is 12.0. The number of hydrogen-bond acceptors (Lipinski definition) is 2. The third-order valence-electron chi connectivity index (χ3n) is 2.89. The van der Waals surface area contributed by atoms with Crippen LogP contribution in [0.5, 0.6) is 0 Å². The number of rotatable bonds is 4. The molecule has 0 radical (unpaired) electrons. The fraction of sp³-hybridized carbons (Fsp3) is 0.500. The first kappa shape index (κ1) is 15.0. The highest BCUT2D eigenvalue weighted by molar-refractivity contribution is 6.34. The predicted octanol–water partition coefficient (Wildman–Crippen LogP) is 3.27. The molecule has 1 aromatic rings. The molecule has 100 valence electrons. The number of anilines is 1. The van der Waals surface area contributed by atoms with Crippen LogP contribution in [0.1, 0.15) is 31.4 Å². The summed E-state index contributed by atoms with van der Waals surface area (Å²) in [4.78, 5) is 12.0. The van der Waals surface area contributed by atoms with Crippen molar-refractivity contribution in [2.45, 2.75) is 34.1 Å². The average Bonchev–Trinajstić information content (AvgIpc) is 2.22. The van der Waals surface area contributed by atoms with E-state index >= 15 is 0 Å². The van der Waals surface area contributed by atoms with E-state index in [4.69, 9.17) is 17.3 Å². The van der Waals surface area contributed by atoms with E-state index in [9.17, 15) is 4.79 Å². The molecule has 0 heterocycles. The summed E-state index contributed by atoms with van der Waals surface area (Å²) in [6, 6.07) is 3.84. The second-order valence-electron chi connectivity index (χ2n) is 5.53. The number of carbonyl (C=O) groups excluding carboxylic acids is 1. The smallest absolute Gasteiger partial charge is 0.225 e. The highest BCUT2D eigenvalue weighted by Gasteiger charge is 2.21. The number of nitrogens with one attached hydrogen (secondary N) is 1. The molecule has 0 aromatic heterocycles. The van der Waals surface area contributed by atoms with Gasteiger partial charge in [-0.3, -0.25) is 4.79 Å². The second-order valence-corrected chi connectivity index (χ2v) is 5.94. The zero-order valence-corrected chi connectivity index (χ0v) is 12.2. The van der Waals surface area contributed by atoms with E-state index in [1.807, 2.05) is 39.8 Å². The minimum Gasteiger partial charge on any atom is -0.330 e. The molecule has 0 atom stereocenters. The SMILES string of the molecule is Cc1cc(C)c(NC(=O)CC(C)(C)CN)c(Cl)c1. The molecule has 1 rings (SSSR count). The zero-order chi connectivity index (χ0) is 13.9. The fourth-order valence-electron chi connectivity index (χ4n) is 1.76. The van der Waals surface area contributed by atoms with Gasteiger partial charge in [0, 0.05) is 6.42 Å². The topological polar surface area (TPSA) is 55.1 Å². The molecule has 3 nitrogen and oxygen atoms in total. The van der Waals surface area contributed by atoms with Crippen molar-refractivity contribution in [1.29, 1.82) is 0 Å². The van der Waals surface area contributed by atoms with Gasteiger partial charge in [0.15, 0.2) is 0 Å². The Morgan fingerprint density at radius 2 is 2.00 bits per heavy atom. The lowest BCUT2D eigenvalue weighted by Crippen LogP contribution is -2.29. The third kappa shape index (κ3) is 4.00. The molecule has 0 saturated heterocycles. The van der Waals surface area contributed by atoms with E-state index in [0.717, 1.165) is 11.1 Å². The summed E-state index contributed by atoms with van der Waals surface area (Å²) >= 11 is 6.14. The summed E-state index contributed by atoms with van der Waals surface area (Å²) in [7, 11) is 0. The Kier molecular flexibility index (Phi) is 4.77. The number of halogens is 1. The molecule has 4 heteroatoms. The van der Waals surface area contributed by atoms with Crippen LogP contribution in [-0.4, -0.2) is 12.5 Å². The summed E-state index contributed by atoms with van der Waals surface area (Å²) < 4.78 is 0. The summed E-state index contributed by atoms with van der Waals surface area (Å²) in [5.74, 6) is -0.0562. The summed E-state index contributed by atoms with van der Waals surface area (Å²) in [5.41, 5.74) is 8.17. The standard InChI is InChI=1S/C14H21ClN2O/c1-9-5-10(2)13(11(15)6-9)17-12(18)7-14(3,4)8-16/h5-6H,7-8,16H2,1-4H3,(H,17,18). The lowest BCUT2D eigenvalue weighted by Gasteiger charge is -2.22. The highest BCUT2D eigenvalue weighted by Crippen LogP contribution is 2.28. The third-order valence-corrected chi connectivity index (χ3v) is 3.19. The Morgan fingerprint density at radius 3 is 2.50 bits per heavy atom. The van der Waals surface area contributed by atoms with Crippen molar-refractivity contribution in [2.75, 3.05) is 11.9 Å². The molecular formula is C14H21ClN2O. The molecule has 0 unspecified atom stereocenters. The van der Waals surface area contributed by atoms with E-state index in [2.05, 4.69) is 5.32 Å². The molecule has 1 aromatic carbocycles. The molecule has 3 N–H and O–H groups in total. The van der Waals surface area contributed by atoms with Crippen LogP contribution in [0.25, 0.3) is 0 Å². The van der Waals surface area contributed by atoms with Crippen LogP contribution in [0, 0.1) is 19.3 Å². The Hall–Kier alpha value is -1.06. The molecule has 0 saturated carbocycles. The molecule has 0 aliphatic carbocycles. The van der Waals surface area contributed by atoms with Gasteiger partial charge in [0.05, 0.1) is 10.7 Å². The maximum absolute atomic E-state index is 12.0. The van der Waals surface area contributed by atoms with Gasteiger partial charge in [0.25, 0.3) is 0 Å². The van der Waals surface area contributed by atoms with Crippen LogP contribution < -0.4 is 11.1 Å². The minimum absolute atomic E-state index is 0.0562. The molecule has 0 aliphatic rings. The second kappa shape index (κ2) is 5.72. The van der Waals surface area contributed by atoms with Crippen molar-refractivity contribution in [1.82, 2.24) is 0 Å². The lowest BCUT2D eigenvalue weighted by atomic mass is 9.89. The van der Waals surface area contributed by atoms with Crippen molar-refractivity contribution in [3.63, 3.8) is 0 Å². The molecule has 18 heavy (non-hydrogen) atoms. The van der Waals surface area contributed by atoms with Crippen LogP contribution in [-0.2, 0) is 4.79 Å². The van der Waals surface area contributed by atoms with Gasteiger partial charge in [-0.05, 0) is 43.0 Å². The predicted molar refractivity (Wildman–Crippen MR) is 77.0 cm³/mol. The van der Waals surface area contributed by atoms with Crippen molar-refractivity contribution in [3.05, 3.63) is 28.3 Å². The monoisotopic (exact) mass is 268 g/mol. The van der Waals surface area contributed by atoms with E-state index < -0.39 is 0 Å². The van der Waals surface area contributed by atoms with Gasteiger partial charge in [-0.25, -0.2) is 0 Å². The van der Waals surface area contributed by atoms with Gasteiger partial charge < -0.3 is 11.1 Å². The summed E-state index contributed by atoms with van der Waals surface area (Å²) in [6.45, 7) is 8.32. The number of aryl methyl sites for hydroxylation is 2. The first-order valence-corrected chi connectivity index (χ1v) is 6.39. The number of benzene rings is 1. The molecule has 0 spiro atoms. The highest BCUT2D eigenvalue weighted by atomic mass is 35.5. The normalized spacial score (nSPS) is 11.4. The summed E-state index contributed by atoms with van der Waals surface area (Å²) in [6.07, 6.45) is 0.382. The summed E-state index contributed by atoms with van der Waals surface area (Å²) in [5, 5.41) is 3.45. The van der Waals surface area contributed by atoms with E-state index in [-0.39, 0.29) is 11.3 Å². The van der Waals surface area contributed by atoms with Crippen LogP contribution in [0.4, 0.5) is 5.69 Å². The maximum Gasteiger partial charge on any atom is 0.225 e. The Bertz CT molecular complexity index is 432. The number of amides is 1. The first-order chi connectivity index (χ1) is 8.25. The number of carbonyl (C=O) groups is 1. The van der Waals surface area contributed by atoms with Crippen molar-refractivity contribution in [3.8, 4) is 0 Å². The van der Waals surface area contributed by atoms with Gasteiger partial charge >= 0.3 is 0 Å². The Balaban J connectivity index is 2.83. The Morgan fingerprint density at radius 1 is 1.39 bits per heavy atom. The van der Waals surface area contributed by atoms with Crippen LogP contribution in [0.3, 0.4) is 0 Å². The van der Waals surface area contributed by atoms with Gasteiger partial charge in [0.2, 0.25) is 5.91 Å². The van der Waals surface area contributed by atoms with Crippen LogP contribution in [0.2, 0.25) is 5.02 Å². The van der Waals surface area contributed by atoms with Gasteiger partial charge in [-0.2, -0.15) is 0 Å².